The predicted molar refractivity (Wildman–Crippen MR) is 75.9 cm³/mol. The zero-order valence-corrected chi connectivity index (χ0v) is 11.1. The summed E-state index contributed by atoms with van der Waals surface area (Å²) in [6, 6.07) is 13.2. The quantitative estimate of drug-likeness (QED) is 0.880. The number of benzene rings is 2. The van der Waals surface area contributed by atoms with Crippen molar-refractivity contribution in [2.45, 2.75) is 6.61 Å². The van der Waals surface area contributed by atoms with E-state index >= 15 is 0 Å². The summed E-state index contributed by atoms with van der Waals surface area (Å²) < 4.78 is 19.0. The van der Waals surface area contributed by atoms with Crippen molar-refractivity contribution in [2.75, 3.05) is 6.61 Å². The second-order valence-electron chi connectivity index (χ2n) is 4.24. The summed E-state index contributed by atoms with van der Waals surface area (Å²) in [6.07, 6.45) is 0. The lowest BCUT2D eigenvalue weighted by Gasteiger charge is -2.07. The maximum absolute atomic E-state index is 13.4. The molecule has 0 saturated carbocycles. The van der Waals surface area contributed by atoms with Crippen molar-refractivity contribution in [1.29, 1.82) is 5.26 Å². The summed E-state index contributed by atoms with van der Waals surface area (Å²) in [5.74, 6) is 4.97. The van der Waals surface area contributed by atoms with Crippen LogP contribution in [-0.4, -0.2) is 11.7 Å². The fourth-order valence-electron chi connectivity index (χ4n) is 1.76. The smallest absolute Gasteiger partial charge is 0.128 e. The van der Waals surface area contributed by atoms with Gasteiger partial charge in [0.25, 0.3) is 0 Å². The Labute approximate surface area is 122 Å². The number of hydrogen-bond donors (Lipinski definition) is 1. The lowest BCUT2D eigenvalue weighted by atomic mass is 10.1. The van der Waals surface area contributed by atoms with Crippen LogP contribution in [0, 0.1) is 29.0 Å². The third-order valence-electron chi connectivity index (χ3n) is 2.64. The Bertz CT molecular complexity index is 738. The van der Waals surface area contributed by atoms with Gasteiger partial charge in [0, 0.05) is 11.6 Å². The maximum Gasteiger partial charge on any atom is 0.128 e. The summed E-state index contributed by atoms with van der Waals surface area (Å²) in [5.41, 5.74) is 1.80. The van der Waals surface area contributed by atoms with Gasteiger partial charge in [-0.2, -0.15) is 5.26 Å². The number of aliphatic hydroxyl groups excluding tert-OH is 1. The lowest BCUT2D eigenvalue weighted by Crippen LogP contribution is -1.97. The van der Waals surface area contributed by atoms with E-state index in [1.165, 1.54) is 12.1 Å². The Kier molecular flexibility index (Phi) is 4.93. The van der Waals surface area contributed by atoms with Crippen LogP contribution < -0.4 is 4.74 Å². The second-order valence-corrected chi connectivity index (χ2v) is 4.24. The van der Waals surface area contributed by atoms with E-state index < -0.39 is 5.82 Å². The van der Waals surface area contributed by atoms with Crippen LogP contribution in [0.4, 0.5) is 4.39 Å². The van der Waals surface area contributed by atoms with E-state index in [0.29, 0.717) is 16.9 Å². The first-order valence-electron chi connectivity index (χ1n) is 6.23. The Morgan fingerprint density at radius 2 is 2.00 bits per heavy atom. The topological polar surface area (TPSA) is 53.2 Å². The van der Waals surface area contributed by atoms with Gasteiger partial charge in [0.1, 0.15) is 24.8 Å². The van der Waals surface area contributed by atoms with Gasteiger partial charge in [-0.3, -0.25) is 0 Å². The molecule has 2 aromatic rings. The van der Waals surface area contributed by atoms with E-state index in [1.807, 2.05) is 12.1 Å². The first-order chi connectivity index (χ1) is 10.2. The highest BCUT2D eigenvalue weighted by Gasteiger charge is 2.02. The number of hydrogen-bond acceptors (Lipinski definition) is 3. The van der Waals surface area contributed by atoms with Crippen molar-refractivity contribution in [3.63, 3.8) is 0 Å². The second kappa shape index (κ2) is 7.09. The van der Waals surface area contributed by atoms with Crippen LogP contribution in [0.3, 0.4) is 0 Å². The number of rotatable bonds is 3. The molecule has 0 heterocycles. The third-order valence-corrected chi connectivity index (χ3v) is 2.64. The molecule has 0 unspecified atom stereocenters. The molecule has 0 radical (unpaired) electrons. The number of halogens is 1. The third kappa shape index (κ3) is 4.35. The maximum atomic E-state index is 13.4. The first-order valence-corrected chi connectivity index (χ1v) is 6.23. The van der Waals surface area contributed by atoms with Crippen LogP contribution in [0.15, 0.2) is 42.5 Å². The monoisotopic (exact) mass is 281 g/mol. The molecule has 0 atom stereocenters. The molecule has 0 aliphatic rings. The first kappa shape index (κ1) is 14.6. The van der Waals surface area contributed by atoms with Crippen molar-refractivity contribution in [2.24, 2.45) is 0 Å². The molecule has 0 spiro atoms. The van der Waals surface area contributed by atoms with Gasteiger partial charge >= 0.3 is 0 Å². The average molecular weight is 281 g/mol. The lowest BCUT2D eigenvalue weighted by molar-refractivity contribution is 0.304. The number of aliphatic hydroxyl groups is 1. The molecule has 3 nitrogen and oxygen atoms in total. The molecular formula is C17H12FNO2. The highest BCUT2D eigenvalue weighted by Crippen LogP contribution is 2.17. The number of nitrogens with zero attached hydrogens (tertiary/aromatic N) is 1. The van der Waals surface area contributed by atoms with Crippen LogP contribution >= 0.6 is 0 Å². The number of ether oxygens (including phenoxy) is 1. The normalized spacial score (nSPS) is 9.38. The molecule has 21 heavy (non-hydrogen) atoms. The molecule has 2 aromatic carbocycles. The van der Waals surface area contributed by atoms with Crippen LogP contribution in [0.25, 0.3) is 0 Å². The molecule has 1 N–H and O–H groups in total. The fourth-order valence-corrected chi connectivity index (χ4v) is 1.76. The fraction of sp³-hybridized carbons (Fsp3) is 0.118. The van der Waals surface area contributed by atoms with Crippen molar-refractivity contribution >= 4 is 0 Å². The van der Waals surface area contributed by atoms with E-state index in [0.717, 1.165) is 5.56 Å². The Balaban J connectivity index is 2.12. The van der Waals surface area contributed by atoms with Crippen molar-refractivity contribution in [3.05, 3.63) is 65.0 Å². The summed E-state index contributed by atoms with van der Waals surface area (Å²) in [6.45, 7) is -0.0561. The average Bonchev–Trinajstić information content (AvgIpc) is 2.50. The van der Waals surface area contributed by atoms with Crippen LogP contribution in [0.5, 0.6) is 5.75 Å². The SMILES string of the molecule is N#Cc1cccc(COc2cc(F)cc(C#CCO)c2)c1. The highest BCUT2D eigenvalue weighted by atomic mass is 19.1. The van der Waals surface area contributed by atoms with E-state index in [4.69, 9.17) is 15.1 Å². The minimum absolute atomic E-state index is 0.228. The summed E-state index contributed by atoms with van der Waals surface area (Å²) in [5, 5.41) is 17.5. The molecule has 0 aliphatic heterocycles. The molecule has 2 rings (SSSR count). The van der Waals surface area contributed by atoms with Gasteiger partial charge in [-0.25, -0.2) is 4.39 Å². The van der Waals surface area contributed by atoms with E-state index in [9.17, 15) is 4.39 Å². The van der Waals surface area contributed by atoms with Gasteiger partial charge in [0.05, 0.1) is 11.6 Å². The van der Waals surface area contributed by atoms with Crippen LogP contribution in [0.2, 0.25) is 0 Å². The molecule has 4 heteroatoms. The zero-order chi connectivity index (χ0) is 15.1. The van der Waals surface area contributed by atoms with E-state index in [2.05, 4.69) is 11.8 Å². The Hall–Kier alpha value is -2.82. The highest BCUT2D eigenvalue weighted by molar-refractivity contribution is 5.40. The van der Waals surface area contributed by atoms with Gasteiger partial charge < -0.3 is 9.84 Å². The van der Waals surface area contributed by atoms with Crippen molar-refractivity contribution in [1.82, 2.24) is 0 Å². The van der Waals surface area contributed by atoms with Crippen LogP contribution in [0.1, 0.15) is 16.7 Å². The standard InChI is InChI=1S/C17H12FNO2/c18-16-8-13(5-2-6-20)9-17(10-16)21-12-15-4-1-3-14(7-15)11-19/h1,3-4,7-10,20H,6,12H2. The van der Waals surface area contributed by atoms with Crippen molar-refractivity contribution < 1.29 is 14.2 Å². The van der Waals surface area contributed by atoms with Crippen LogP contribution in [-0.2, 0) is 6.61 Å². The van der Waals surface area contributed by atoms with Gasteiger partial charge in [-0.1, -0.05) is 24.0 Å². The molecule has 0 aromatic heterocycles. The molecule has 0 fully saturated rings. The molecule has 0 saturated heterocycles. The molecule has 0 amide bonds. The van der Waals surface area contributed by atoms with Gasteiger partial charge in [0.2, 0.25) is 0 Å². The summed E-state index contributed by atoms with van der Waals surface area (Å²) >= 11 is 0. The molecule has 0 aliphatic carbocycles. The molecular weight excluding hydrogens is 269 g/mol. The van der Waals surface area contributed by atoms with E-state index in [1.54, 1.807) is 24.3 Å². The van der Waals surface area contributed by atoms with E-state index in [-0.39, 0.29) is 13.2 Å². The van der Waals surface area contributed by atoms with Gasteiger partial charge in [0.15, 0.2) is 0 Å². The molecule has 104 valence electrons. The van der Waals surface area contributed by atoms with Gasteiger partial charge in [-0.05, 0) is 29.8 Å². The Morgan fingerprint density at radius 1 is 1.14 bits per heavy atom. The van der Waals surface area contributed by atoms with Crippen molar-refractivity contribution in [3.8, 4) is 23.7 Å². The Morgan fingerprint density at radius 3 is 2.76 bits per heavy atom. The number of nitriles is 1. The molecule has 0 bridgehead atoms. The van der Waals surface area contributed by atoms with Gasteiger partial charge in [-0.15, -0.1) is 0 Å². The zero-order valence-electron chi connectivity index (χ0n) is 11.1. The summed E-state index contributed by atoms with van der Waals surface area (Å²) in [4.78, 5) is 0. The largest absolute Gasteiger partial charge is 0.489 e. The predicted octanol–water partition coefficient (Wildman–Crippen LogP) is 2.62. The minimum atomic E-state index is -0.458. The minimum Gasteiger partial charge on any atom is -0.489 e. The summed E-state index contributed by atoms with van der Waals surface area (Å²) in [7, 11) is 0.